The van der Waals surface area contributed by atoms with Crippen LogP contribution in [0.25, 0.3) is 0 Å². The lowest BCUT2D eigenvalue weighted by molar-refractivity contribution is 0.394. The average Bonchev–Trinajstić information content (AvgIpc) is 2.58. The molecule has 2 atom stereocenters. The number of hydrogen-bond acceptors (Lipinski definition) is 2. The predicted octanol–water partition coefficient (Wildman–Crippen LogP) is 2.63. The van der Waals surface area contributed by atoms with Gasteiger partial charge in [-0.25, -0.2) is 0 Å². The molecule has 0 saturated heterocycles. The molecule has 2 unspecified atom stereocenters. The van der Waals surface area contributed by atoms with Crippen molar-refractivity contribution in [3.05, 3.63) is 12.4 Å². The first-order valence-corrected chi connectivity index (χ1v) is 8.26. The summed E-state index contributed by atoms with van der Waals surface area (Å²) in [4.78, 5) is 0. The maximum atomic E-state index is 6.52. The Morgan fingerprint density at radius 1 is 1.07 bits per heavy atom. The van der Waals surface area contributed by atoms with E-state index in [1.165, 1.54) is 0 Å². The topological polar surface area (TPSA) is 6.48 Å². The Hall–Kier alpha value is -0.153. The van der Waals surface area contributed by atoms with Crippen LogP contribution in [0.3, 0.4) is 0 Å². The van der Waals surface area contributed by atoms with Gasteiger partial charge in [-0.2, -0.15) is 0 Å². The summed E-state index contributed by atoms with van der Waals surface area (Å²) >= 11 is 6.52. The second-order valence-corrected chi connectivity index (χ2v) is 7.00. The average molecular weight is 233 g/mol. The SMILES string of the molecule is CCC(C)N1C=CN(C(C)CC)[SiH]1Cl. The van der Waals surface area contributed by atoms with Crippen LogP contribution in [-0.2, 0) is 0 Å². The summed E-state index contributed by atoms with van der Waals surface area (Å²) in [6, 6.07) is 1.16. The number of nitrogens with zero attached hydrogens (tertiary/aromatic N) is 2. The maximum Gasteiger partial charge on any atom is 0.349 e. The van der Waals surface area contributed by atoms with Gasteiger partial charge < -0.3 is 9.13 Å². The second kappa shape index (κ2) is 5.08. The first-order valence-electron chi connectivity index (χ1n) is 5.49. The van der Waals surface area contributed by atoms with E-state index in [0.717, 1.165) is 12.8 Å². The highest BCUT2D eigenvalue weighted by Crippen LogP contribution is 2.22. The van der Waals surface area contributed by atoms with Crippen molar-refractivity contribution in [2.24, 2.45) is 0 Å². The Labute approximate surface area is 94.0 Å². The molecule has 0 aliphatic carbocycles. The number of hydrogen-bond donors (Lipinski definition) is 0. The molecule has 2 nitrogen and oxygen atoms in total. The van der Waals surface area contributed by atoms with E-state index in [1.54, 1.807) is 0 Å². The molecule has 1 aliphatic rings. The molecular weight excluding hydrogens is 212 g/mol. The molecule has 0 aromatic carbocycles. The smallest absolute Gasteiger partial charge is 0.349 e. The highest BCUT2D eigenvalue weighted by Gasteiger charge is 2.31. The Morgan fingerprint density at radius 2 is 1.43 bits per heavy atom. The zero-order valence-electron chi connectivity index (χ0n) is 9.57. The third kappa shape index (κ3) is 2.26. The third-order valence-electron chi connectivity index (χ3n) is 3.10. The van der Waals surface area contributed by atoms with Crippen molar-refractivity contribution in [1.29, 1.82) is 0 Å². The summed E-state index contributed by atoms with van der Waals surface area (Å²) in [5, 5.41) is 0. The molecule has 0 bridgehead atoms. The van der Waals surface area contributed by atoms with E-state index in [0.29, 0.717) is 12.1 Å². The Kier molecular flexibility index (Phi) is 4.32. The maximum absolute atomic E-state index is 6.52. The lowest BCUT2D eigenvalue weighted by atomic mass is 10.3. The third-order valence-corrected chi connectivity index (χ3v) is 6.80. The van der Waals surface area contributed by atoms with Crippen LogP contribution in [-0.4, -0.2) is 29.6 Å². The lowest BCUT2D eigenvalue weighted by Gasteiger charge is -2.33. The highest BCUT2D eigenvalue weighted by atomic mass is 35.6. The fourth-order valence-corrected chi connectivity index (χ4v) is 5.14. The zero-order valence-corrected chi connectivity index (χ0v) is 11.5. The summed E-state index contributed by atoms with van der Waals surface area (Å²) in [6.45, 7) is 8.91. The van der Waals surface area contributed by atoms with E-state index in [1.807, 2.05) is 0 Å². The van der Waals surface area contributed by atoms with Gasteiger partial charge in [-0.1, -0.05) is 13.8 Å². The molecule has 1 rings (SSSR count). The van der Waals surface area contributed by atoms with Gasteiger partial charge in [-0.05, 0) is 26.7 Å². The molecular formula is C10H21ClN2Si. The van der Waals surface area contributed by atoms with Gasteiger partial charge in [0.1, 0.15) is 0 Å². The number of rotatable bonds is 4. The molecule has 0 aromatic heterocycles. The zero-order chi connectivity index (χ0) is 10.7. The Morgan fingerprint density at radius 3 is 1.71 bits per heavy atom. The first kappa shape index (κ1) is 11.9. The van der Waals surface area contributed by atoms with E-state index in [-0.39, 0.29) is 0 Å². The van der Waals surface area contributed by atoms with E-state index in [2.05, 4.69) is 49.2 Å². The molecule has 1 aliphatic heterocycles. The second-order valence-electron chi connectivity index (χ2n) is 4.02. The monoisotopic (exact) mass is 232 g/mol. The molecule has 0 aromatic rings. The van der Waals surface area contributed by atoms with Crippen LogP contribution in [0, 0.1) is 0 Å². The van der Waals surface area contributed by atoms with Crippen LogP contribution in [0.5, 0.6) is 0 Å². The highest BCUT2D eigenvalue weighted by molar-refractivity contribution is 7.04. The van der Waals surface area contributed by atoms with Gasteiger partial charge in [0.25, 0.3) is 0 Å². The van der Waals surface area contributed by atoms with Crippen molar-refractivity contribution >= 4 is 19.5 Å². The van der Waals surface area contributed by atoms with Gasteiger partial charge in [0, 0.05) is 24.5 Å². The van der Waals surface area contributed by atoms with Gasteiger partial charge in [-0.3, -0.25) is 0 Å². The minimum Gasteiger partial charge on any atom is -0.374 e. The summed E-state index contributed by atoms with van der Waals surface area (Å²) in [7, 11) is -1.40. The first-order chi connectivity index (χ1) is 6.61. The molecule has 0 fully saturated rings. The molecule has 82 valence electrons. The molecule has 0 radical (unpaired) electrons. The van der Waals surface area contributed by atoms with Crippen LogP contribution < -0.4 is 0 Å². The minimum absolute atomic E-state index is 0.578. The van der Waals surface area contributed by atoms with E-state index in [4.69, 9.17) is 11.1 Å². The van der Waals surface area contributed by atoms with E-state index in [9.17, 15) is 0 Å². The summed E-state index contributed by atoms with van der Waals surface area (Å²) < 4.78 is 4.71. The Bertz CT molecular complexity index is 190. The van der Waals surface area contributed by atoms with Gasteiger partial charge in [0.05, 0.1) is 0 Å². The molecule has 4 heteroatoms. The van der Waals surface area contributed by atoms with Gasteiger partial charge in [-0.15, -0.1) is 11.1 Å². The molecule has 0 saturated carbocycles. The van der Waals surface area contributed by atoms with Crippen LogP contribution in [0.2, 0.25) is 0 Å². The van der Waals surface area contributed by atoms with E-state index >= 15 is 0 Å². The standard InChI is InChI=1S/C10H21ClN2Si/c1-5-9(3)12-7-8-13(14(12)11)10(4)6-2/h7-10,14H,5-6H2,1-4H3. The molecule has 0 spiro atoms. The molecule has 14 heavy (non-hydrogen) atoms. The quantitative estimate of drug-likeness (QED) is 0.543. The largest absolute Gasteiger partial charge is 0.374 e. The fourth-order valence-electron chi connectivity index (χ4n) is 1.59. The summed E-state index contributed by atoms with van der Waals surface area (Å²) in [5.74, 6) is 0. The number of halogens is 1. The van der Waals surface area contributed by atoms with Crippen LogP contribution >= 0.6 is 11.1 Å². The summed E-state index contributed by atoms with van der Waals surface area (Å²) in [5.41, 5.74) is 0. The van der Waals surface area contributed by atoms with E-state index < -0.39 is 8.43 Å². The van der Waals surface area contributed by atoms with Gasteiger partial charge in [0.15, 0.2) is 0 Å². The fraction of sp³-hybridized carbons (Fsp3) is 0.800. The van der Waals surface area contributed by atoms with Crippen LogP contribution in [0.15, 0.2) is 12.4 Å². The molecule has 0 amide bonds. The lowest BCUT2D eigenvalue weighted by Crippen LogP contribution is -2.46. The van der Waals surface area contributed by atoms with Crippen LogP contribution in [0.1, 0.15) is 40.5 Å². The van der Waals surface area contributed by atoms with Crippen LogP contribution in [0.4, 0.5) is 0 Å². The summed E-state index contributed by atoms with van der Waals surface area (Å²) in [6.07, 6.45) is 6.66. The molecule has 1 heterocycles. The predicted molar refractivity (Wildman–Crippen MR) is 65.3 cm³/mol. The van der Waals surface area contributed by atoms with Gasteiger partial charge >= 0.3 is 8.43 Å². The van der Waals surface area contributed by atoms with Crippen molar-refractivity contribution < 1.29 is 0 Å². The van der Waals surface area contributed by atoms with Crippen molar-refractivity contribution in [2.75, 3.05) is 0 Å². The Balaban J connectivity index is 2.60. The van der Waals surface area contributed by atoms with Crippen molar-refractivity contribution in [3.63, 3.8) is 0 Å². The van der Waals surface area contributed by atoms with Crippen molar-refractivity contribution in [2.45, 2.75) is 52.6 Å². The molecule has 0 N–H and O–H groups in total. The van der Waals surface area contributed by atoms with Crippen molar-refractivity contribution in [1.82, 2.24) is 9.13 Å². The van der Waals surface area contributed by atoms with Crippen molar-refractivity contribution in [3.8, 4) is 0 Å². The van der Waals surface area contributed by atoms with Gasteiger partial charge in [0.2, 0.25) is 0 Å². The minimum atomic E-state index is -1.40. The normalized spacial score (nSPS) is 25.6.